The summed E-state index contributed by atoms with van der Waals surface area (Å²) in [6.07, 6.45) is 1.38. The van der Waals surface area contributed by atoms with Gasteiger partial charge in [-0.3, -0.25) is 0 Å². The van der Waals surface area contributed by atoms with Crippen molar-refractivity contribution in [3.8, 4) is 0 Å². The van der Waals surface area contributed by atoms with Crippen molar-refractivity contribution in [3.63, 3.8) is 0 Å². The second kappa shape index (κ2) is 6.25. The molecule has 0 aliphatic carbocycles. The first-order valence-corrected chi connectivity index (χ1v) is 8.14. The molecule has 2 aromatic rings. The SMILES string of the molecule is CNS(=O)(=O)c1ccccc1Sc1cc(C(=O)O)ccn1. The van der Waals surface area contributed by atoms with E-state index in [2.05, 4.69) is 9.71 Å². The molecule has 0 spiro atoms. The molecule has 2 rings (SSSR count). The molecule has 8 heteroatoms. The van der Waals surface area contributed by atoms with Crippen molar-refractivity contribution in [1.82, 2.24) is 9.71 Å². The molecule has 110 valence electrons. The minimum Gasteiger partial charge on any atom is -0.478 e. The van der Waals surface area contributed by atoms with Gasteiger partial charge < -0.3 is 5.11 Å². The predicted octanol–water partition coefficient (Wildman–Crippen LogP) is 1.84. The molecule has 1 heterocycles. The number of nitrogens with one attached hydrogen (secondary N) is 1. The lowest BCUT2D eigenvalue weighted by Gasteiger charge is -2.08. The van der Waals surface area contributed by atoms with E-state index in [0.29, 0.717) is 9.92 Å². The fourth-order valence-corrected chi connectivity index (χ4v) is 3.68. The van der Waals surface area contributed by atoms with Crippen molar-refractivity contribution in [2.24, 2.45) is 0 Å². The normalized spacial score (nSPS) is 11.3. The second-order valence-electron chi connectivity index (χ2n) is 3.94. The van der Waals surface area contributed by atoms with Gasteiger partial charge in [0.25, 0.3) is 0 Å². The number of sulfonamides is 1. The van der Waals surface area contributed by atoms with Crippen molar-refractivity contribution in [1.29, 1.82) is 0 Å². The van der Waals surface area contributed by atoms with Gasteiger partial charge in [0.1, 0.15) is 5.03 Å². The summed E-state index contributed by atoms with van der Waals surface area (Å²) < 4.78 is 26.2. The Hall–Kier alpha value is -1.90. The lowest BCUT2D eigenvalue weighted by molar-refractivity contribution is 0.0696. The minimum absolute atomic E-state index is 0.0986. The highest BCUT2D eigenvalue weighted by atomic mass is 32.2. The van der Waals surface area contributed by atoms with E-state index in [1.54, 1.807) is 18.2 Å². The maximum atomic E-state index is 11.9. The summed E-state index contributed by atoms with van der Waals surface area (Å²) in [5.41, 5.74) is 0.0986. The Morgan fingerprint density at radius 1 is 1.29 bits per heavy atom. The number of rotatable bonds is 5. The molecule has 0 aliphatic rings. The molecule has 2 N–H and O–H groups in total. The number of carboxylic acids is 1. The molecule has 0 saturated heterocycles. The fraction of sp³-hybridized carbons (Fsp3) is 0.0769. The van der Waals surface area contributed by atoms with Crippen molar-refractivity contribution < 1.29 is 18.3 Å². The quantitative estimate of drug-likeness (QED) is 0.871. The van der Waals surface area contributed by atoms with Crippen molar-refractivity contribution >= 4 is 27.8 Å². The molecule has 0 amide bonds. The number of carbonyl (C=O) groups is 1. The van der Waals surface area contributed by atoms with Crippen LogP contribution in [-0.2, 0) is 10.0 Å². The number of aromatic nitrogens is 1. The van der Waals surface area contributed by atoms with Gasteiger partial charge in [0.2, 0.25) is 10.0 Å². The number of benzene rings is 1. The van der Waals surface area contributed by atoms with E-state index in [1.165, 1.54) is 31.4 Å². The van der Waals surface area contributed by atoms with Crippen LogP contribution >= 0.6 is 11.8 Å². The molecular weight excluding hydrogens is 312 g/mol. The Morgan fingerprint density at radius 3 is 2.67 bits per heavy atom. The van der Waals surface area contributed by atoms with Gasteiger partial charge in [-0.05, 0) is 31.3 Å². The van der Waals surface area contributed by atoms with E-state index in [0.717, 1.165) is 11.8 Å². The van der Waals surface area contributed by atoms with Gasteiger partial charge in [-0.25, -0.2) is 22.9 Å². The molecule has 6 nitrogen and oxygen atoms in total. The van der Waals surface area contributed by atoms with E-state index >= 15 is 0 Å². The third-order valence-electron chi connectivity index (χ3n) is 2.60. The van der Waals surface area contributed by atoms with Crippen molar-refractivity contribution in [3.05, 3.63) is 48.2 Å². The molecule has 1 aromatic heterocycles. The summed E-state index contributed by atoms with van der Waals surface area (Å²) in [6.45, 7) is 0. The summed E-state index contributed by atoms with van der Waals surface area (Å²) >= 11 is 1.09. The van der Waals surface area contributed by atoms with Crippen molar-refractivity contribution in [2.75, 3.05) is 7.05 Å². The lowest BCUT2D eigenvalue weighted by Crippen LogP contribution is -2.19. The van der Waals surface area contributed by atoms with Gasteiger partial charge in [-0.1, -0.05) is 23.9 Å². The number of hydrogen-bond donors (Lipinski definition) is 2. The largest absolute Gasteiger partial charge is 0.478 e. The van der Waals surface area contributed by atoms with Crippen LogP contribution in [0.2, 0.25) is 0 Å². The van der Waals surface area contributed by atoms with Crippen LogP contribution in [0, 0.1) is 0 Å². The van der Waals surface area contributed by atoms with Crippen LogP contribution in [0.4, 0.5) is 0 Å². The topological polar surface area (TPSA) is 96.4 Å². The minimum atomic E-state index is -3.59. The Morgan fingerprint density at radius 2 is 2.00 bits per heavy atom. The van der Waals surface area contributed by atoms with Crippen LogP contribution in [-0.4, -0.2) is 31.5 Å². The van der Waals surface area contributed by atoms with Crippen LogP contribution in [0.15, 0.2) is 57.4 Å². The first-order chi connectivity index (χ1) is 9.94. The number of aromatic carboxylic acids is 1. The zero-order chi connectivity index (χ0) is 15.5. The van der Waals surface area contributed by atoms with Crippen LogP contribution in [0.1, 0.15) is 10.4 Å². The van der Waals surface area contributed by atoms with E-state index < -0.39 is 16.0 Å². The summed E-state index contributed by atoms with van der Waals surface area (Å²) in [4.78, 5) is 15.6. The molecule has 0 unspecified atom stereocenters. The van der Waals surface area contributed by atoms with E-state index in [9.17, 15) is 13.2 Å². The average Bonchev–Trinajstić information content (AvgIpc) is 2.48. The van der Waals surface area contributed by atoms with Gasteiger partial charge in [0, 0.05) is 11.1 Å². The Labute approximate surface area is 126 Å². The molecule has 0 aliphatic heterocycles. The third kappa shape index (κ3) is 3.60. The number of carboxylic acid groups (broad SMARTS) is 1. The van der Waals surface area contributed by atoms with Gasteiger partial charge in [-0.15, -0.1) is 0 Å². The van der Waals surface area contributed by atoms with Gasteiger partial charge in [0.05, 0.1) is 10.5 Å². The standard InChI is InChI=1S/C13H12N2O4S2/c1-14-21(18,19)11-5-3-2-4-10(11)20-12-8-9(13(16)17)6-7-15-12/h2-8,14H,1H3,(H,16,17). The molecule has 0 fully saturated rings. The van der Waals surface area contributed by atoms with Gasteiger partial charge in [-0.2, -0.15) is 0 Å². The number of pyridine rings is 1. The fourth-order valence-electron chi connectivity index (χ4n) is 1.58. The van der Waals surface area contributed by atoms with E-state index in [-0.39, 0.29) is 10.5 Å². The van der Waals surface area contributed by atoms with Gasteiger partial charge >= 0.3 is 5.97 Å². The monoisotopic (exact) mass is 324 g/mol. The third-order valence-corrected chi connectivity index (χ3v) is 5.21. The van der Waals surface area contributed by atoms with Crippen LogP contribution < -0.4 is 4.72 Å². The lowest BCUT2D eigenvalue weighted by atomic mass is 10.3. The number of nitrogens with zero attached hydrogens (tertiary/aromatic N) is 1. The highest BCUT2D eigenvalue weighted by Crippen LogP contribution is 2.31. The second-order valence-corrected chi connectivity index (χ2v) is 6.86. The zero-order valence-corrected chi connectivity index (χ0v) is 12.6. The molecular formula is C13H12N2O4S2. The first-order valence-electron chi connectivity index (χ1n) is 5.84. The summed E-state index contributed by atoms with van der Waals surface area (Å²) in [5.74, 6) is -1.06. The summed E-state index contributed by atoms with van der Waals surface area (Å²) in [6, 6.07) is 9.23. The number of hydrogen-bond acceptors (Lipinski definition) is 5. The molecule has 21 heavy (non-hydrogen) atoms. The van der Waals surface area contributed by atoms with Crippen LogP contribution in [0.25, 0.3) is 0 Å². The Kier molecular flexibility index (Phi) is 4.61. The van der Waals surface area contributed by atoms with E-state index in [1.807, 2.05) is 0 Å². The highest BCUT2D eigenvalue weighted by molar-refractivity contribution is 8.00. The smallest absolute Gasteiger partial charge is 0.335 e. The van der Waals surface area contributed by atoms with Crippen LogP contribution in [0.3, 0.4) is 0 Å². The summed E-state index contributed by atoms with van der Waals surface area (Å²) in [7, 11) is -2.26. The van der Waals surface area contributed by atoms with Crippen LogP contribution in [0.5, 0.6) is 0 Å². The Bertz CT molecular complexity index is 775. The van der Waals surface area contributed by atoms with E-state index in [4.69, 9.17) is 5.11 Å². The first kappa shape index (κ1) is 15.5. The molecule has 0 atom stereocenters. The maximum Gasteiger partial charge on any atom is 0.335 e. The molecule has 0 saturated carbocycles. The maximum absolute atomic E-state index is 11.9. The van der Waals surface area contributed by atoms with Crippen molar-refractivity contribution in [2.45, 2.75) is 14.8 Å². The Balaban J connectivity index is 2.41. The van der Waals surface area contributed by atoms with Gasteiger partial charge in [0.15, 0.2) is 0 Å². The molecule has 0 radical (unpaired) electrons. The predicted molar refractivity (Wildman–Crippen MR) is 78.0 cm³/mol. The molecule has 1 aromatic carbocycles. The molecule has 0 bridgehead atoms. The zero-order valence-electron chi connectivity index (χ0n) is 11.0. The average molecular weight is 324 g/mol. The summed E-state index contributed by atoms with van der Waals surface area (Å²) in [5, 5.41) is 9.37. The highest BCUT2D eigenvalue weighted by Gasteiger charge is 2.17.